The van der Waals surface area contributed by atoms with Crippen molar-refractivity contribution in [2.24, 2.45) is 17.8 Å². The molecule has 0 unspecified atom stereocenters. The van der Waals surface area contributed by atoms with Gasteiger partial charge in [0.05, 0.1) is 6.54 Å². The third kappa shape index (κ3) is 6.12. The van der Waals surface area contributed by atoms with Crippen molar-refractivity contribution in [2.75, 3.05) is 45.8 Å². The molecule has 0 spiro atoms. The average Bonchev–Trinajstić information content (AvgIpc) is 3.00. The normalized spacial score (nSPS) is 24.5. The Morgan fingerprint density at radius 1 is 0.906 bits per heavy atom. The number of nitrogens with zero attached hydrogens (tertiary/aromatic N) is 3. The number of carbonyl (C=O) groups is 2. The van der Waals surface area contributed by atoms with Crippen LogP contribution in [0.4, 0.5) is 0 Å². The van der Waals surface area contributed by atoms with Gasteiger partial charge in [-0.15, -0.1) is 0 Å². The predicted octanol–water partition coefficient (Wildman–Crippen LogP) is 3.83. The lowest BCUT2D eigenvalue weighted by Crippen LogP contribution is -2.47. The topological polar surface area (TPSA) is 43.9 Å². The number of carbonyl (C=O) groups excluding carboxylic acids is 2. The standard InChI is InChI=1S/C27H41N3O2/c1-22-10-18-29(19-11-22)26(31)21-28-16-13-24(14-17-28)25-9-5-6-15-30(27(25)32)20-12-23-7-3-2-4-8-23/h2-4,7-8,22,24-25H,5-6,9-21H2,1H3/t25-/m0/s1. The molecular weight excluding hydrogens is 398 g/mol. The molecule has 1 aromatic carbocycles. The van der Waals surface area contributed by atoms with Crippen molar-refractivity contribution in [3.05, 3.63) is 35.9 Å². The van der Waals surface area contributed by atoms with Crippen LogP contribution in [0.15, 0.2) is 30.3 Å². The molecule has 5 nitrogen and oxygen atoms in total. The highest BCUT2D eigenvalue weighted by molar-refractivity contribution is 5.79. The van der Waals surface area contributed by atoms with Crippen LogP contribution in [0.2, 0.25) is 0 Å². The number of rotatable bonds is 6. The smallest absolute Gasteiger partial charge is 0.236 e. The molecule has 3 saturated heterocycles. The van der Waals surface area contributed by atoms with Gasteiger partial charge in [0.15, 0.2) is 0 Å². The Bertz CT molecular complexity index is 737. The van der Waals surface area contributed by atoms with Gasteiger partial charge in [0.1, 0.15) is 0 Å². The lowest BCUT2D eigenvalue weighted by molar-refractivity contribution is -0.138. The first-order valence-electron chi connectivity index (χ1n) is 12.9. The molecule has 2 amide bonds. The van der Waals surface area contributed by atoms with Crippen LogP contribution in [-0.2, 0) is 16.0 Å². The van der Waals surface area contributed by atoms with Gasteiger partial charge in [0.2, 0.25) is 11.8 Å². The summed E-state index contributed by atoms with van der Waals surface area (Å²) in [7, 11) is 0. The molecule has 176 valence electrons. The van der Waals surface area contributed by atoms with Crippen LogP contribution in [0.5, 0.6) is 0 Å². The third-order valence-electron chi connectivity index (χ3n) is 8.03. The largest absolute Gasteiger partial charge is 0.342 e. The van der Waals surface area contributed by atoms with Crippen LogP contribution >= 0.6 is 0 Å². The number of benzene rings is 1. The zero-order valence-electron chi connectivity index (χ0n) is 19.9. The molecule has 5 heteroatoms. The Kier molecular flexibility index (Phi) is 8.23. The Morgan fingerprint density at radius 3 is 2.34 bits per heavy atom. The van der Waals surface area contributed by atoms with Crippen LogP contribution in [0, 0.1) is 17.8 Å². The van der Waals surface area contributed by atoms with Crippen molar-refractivity contribution in [1.82, 2.24) is 14.7 Å². The van der Waals surface area contributed by atoms with Gasteiger partial charge in [-0.3, -0.25) is 14.5 Å². The second kappa shape index (κ2) is 11.3. The molecule has 0 bridgehead atoms. The molecule has 1 aromatic rings. The summed E-state index contributed by atoms with van der Waals surface area (Å²) < 4.78 is 0. The maximum atomic E-state index is 13.4. The minimum atomic E-state index is 0.176. The first kappa shape index (κ1) is 23.3. The maximum absolute atomic E-state index is 13.4. The maximum Gasteiger partial charge on any atom is 0.236 e. The number of hydrogen-bond donors (Lipinski definition) is 0. The Morgan fingerprint density at radius 2 is 1.62 bits per heavy atom. The highest BCUT2D eigenvalue weighted by Gasteiger charge is 2.35. The molecule has 3 aliphatic rings. The molecule has 0 aliphatic carbocycles. The van der Waals surface area contributed by atoms with Crippen molar-refractivity contribution < 1.29 is 9.59 Å². The summed E-state index contributed by atoms with van der Waals surface area (Å²) in [5, 5.41) is 0. The monoisotopic (exact) mass is 439 g/mol. The SMILES string of the molecule is CC1CCN(C(=O)CN2CCC([C@@H]3CCCCN(CCc4ccccc4)C3=O)CC2)CC1. The van der Waals surface area contributed by atoms with E-state index in [0.717, 1.165) is 96.6 Å². The molecule has 3 aliphatic heterocycles. The molecule has 0 saturated carbocycles. The zero-order chi connectivity index (χ0) is 22.3. The summed E-state index contributed by atoms with van der Waals surface area (Å²) in [4.78, 5) is 32.6. The quantitative estimate of drug-likeness (QED) is 0.677. The van der Waals surface area contributed by atoms with Gasteiger partial charge in [-0.2, -0.15) is 0 Å². The summed E-state index contributed by atoms with van der Waals surface area (Å²) in [6.07, 6.45) is 8.63. The Hall–Kier alpha value is -1.88. The number of likely N-dealkylation sites (tertiary alicyclic amines) is 3. The van der Waals surface area contributed by atoms with Gasteiger partial charge < -0.3 is 9.80 Å². The van der Waals surface area contributed by atoms with E-state index >= 15 is 0 Å². The van der Waals surface area contributed by atoms with Crippen molar-refractivity contribution in [3.63, 3.8) is 0 Å². The van der Waals surface area contributed by atoms with Gasteiger partial charge in [-0.05, 0) is 75.4 Å². The van der Waals surface area contributed by atoms with E-state index < -0.39 is 0 Å². The minimum absolute atomic E-state index is 0.176. The second-order valence-corrected chi connectivity index (χ2v) is 10.3. The molecule has 32 heavy (non-hydrogen) atoms. The number of amides is 2. The molecule has 0 radical (unpaired) electrons. The van der Waals surface area contributed by atoms with E-state index in [1.807, 2.05) is 6.07 Å². The van der Waals surface area contributed by atoms with Gasteiger partial charge in [0, 0.05) is 32.1 Å². The highest BCUT2D eigenvalue weighted by Crippen LogP contribution is 2.32. The van der Waals surface area contributed by atoms with Crippen molar-refractivity contribution in [3.8, 4) is 0 Å². The van der Waals surface area contributed by atoms with E-state index in [2.05, 4.69) is 45.9 Å². The summed E-state index contributed by atoms with van der Waals surface area (Å²) in [6.45, 7) is 8.33. The summed E-state index contributed by atoms with van der Waals surface area (Å²) in [6, 6.07) is 10.5. The fourth-order valence-electron chi connectivity index (χ4n) is 5.77. The van der Waals surface area contributed by atoms with Crippen LogP contribution in [0.25, 0.3) is 0 Å². The summed E-state index contributed by atoms with van der Waals surface area (Å²) in [5.41, 5.74) is 1.31. The minimum Gasteiger partial charge on any atom is -0.342 e. The number of hydrogen-bond acceptors (Lipinski definition) is 3. The molecule has 3 heterocycles. The second-order valence-electron chi connectivity index (χ2n) is 10.3. The Balaban J connectivity index is 1.25. The van der Waals surface area contributed by atoms with Gasteiger partial charge in [0.25, 0.3) is 0 Å². The molecule has 0 aromatic heterocycles. The van der Waals surface area contributed by atoms with E-state index in [1.165, 1.54) is 5.56 Å². The van der Waals surface area contributed by atoms with E-state index in [0.29, 0.717) is 24.3 Å². The van der Waals surface area contributed by atoms with Crippen molar-refractivity contribution >= 4 is 11.8 Å². The van der Waals surface area contributed by atoms with E-state index in [-0.39, 0.29) is 5.92 Å². The molecular formula is C27H41N3O2. The Labute approximate surface area is 194 Å². The number of piperidine rings is 2. The van der Waals surface area contributed by atoms with Crippen molar-refractivity contribution in [2.45, 2.75) is 58.3 Å². The van der Waals surface area contributed by atoms with Crippen LogP contribution in [0.3, 0.4) is 0 Å². The average molecular weight is 440 g/mol. The molecule has 0 N–H and O–H groups in total. The molecule has 3 fully saturated rings. The lowest BCUT2D eigenvalue weighted by atomic mass is 9.81. The summed E-state index contributed by atoms with van der Waals surface area (Å²) in [5.74, 6) is 2.08. The van der Waals surface area contributed by atoms with E-state index in [4.69, 9.17) is 0 Å². The van der Waals surface area contributed by atoms with Gasteiger partial charge in [-0.1, -0.05) is 43.7 Å². The molecule has 1 atom stereocenters. The van der Waals surface area contributed by atoms with Crippen LogP contribution < -0.4 is 0 Å². The fourth-order valence-corrected chi connectivity index (χ4v) is 5.77. The van der Waals surface area contributed by atoms with E-state index in [1.54, 1.807) is 0 Å². The lowest BCUT2D eigenvalue weighted by Gasteiger charge is -2.37. The van der Waals surface area contributed by atoms with Crippen LogP contribution in [0.1, 0.15) is 57.4 Å². The fraction of sp³-hybridized carbons (Fsp3) is 0.704. The predicted molar refractivity (Wildman–Crippen MR) is 128 cm³/mol. The first-order chi connectivity index (χ1) is 15.6. The van der Waals surface area contributed by atoms with E-state index in [9.17, 15) is 9.59 Å². The first-order valence-corrected chi connectivity index (χ1v) is 12.9. The molecule has 4 rings (SSSR count). The third-order valence-corrected chi connectivity index (χ3v) is 8.03. The van der Waals surface area contributed by atoms with Crippen molar-refractivity contribution in [1.29, 1.82) is 0 Å². The van der Waals surface area contributed by atoms with Crippen LogP contribution in [-0.4, -0.2) is 72.3 Å². The summed E-state index contributed by atoms with van der Waals surface area (Å²) >= 11 is 0. The zero-order valence-corrected chi connectivity index (χ0v) is 19.9. The highest BCUT2D eigenvalue weighted by atomic mass is 16.2. The van der Waals surface area contributed by atoms with Gasteiger partial charge >= 0.3 is 0 Å². The van der Waals surface area contributed by atoms with Gasteiger partial charge in [-0.25, -0.2) is 0 Å².